The van der Waals surface area contributed by atoms with E-state index >= 15 is 0 Å². The molecule has 1 aliphatic rings. The topological polar surface area (TPSA) is 100 Å². The molecule has 4 rings (SSSR count). The van der Waals surface area contributed by atoms with Crippen LogP contribution in [0.5, 0.6) is 0 Å². The summed E-state index contributed by atoms with van der Waals surface area (Å²) < 4.78 is 5.21. The first kappa shape index (κ1) is 17.0. The van der Waals surface area contributed by atoms with Gasteiger partial charge in [0.15, 0.2) is 0 Å². The van der Waals surface area contributed by atoms with E-state index < -0.39 is 0 Å². The first-order valence-electron chi connectivity index (χ1n) is 8.69. The summed E-state index contributed by atoms with van der Waals surface area (Å²) in [5, 5.41) is 2.79. The number of anilines is 2. The number of nitrogens with zero attached hydrogens (tertiary/aromatic N) is 6. The molecule has 1 amide bonds. The molecule has 1 saturated heterocycles. The molecule has 0 aliphatic carbocycles. The van der Waals surface area contributed by atoms with Crippen LogP contribution >= 0.6 is 0 Å². The zero-order valence-corrected chi connectivity index (χ0v) is 14.7. The Morgan fingerprint density at radius 3 is 2.56 bits per heavy atom. The number of piperazine rings is 1. The highest BCUT2D eigenvalue weighted by Crippen LogP contribution is 2.16. The molecule has 1 fully saturated rings. The lowest BCUT2D eigenvalue weighted by Gasteiger charge is -2.35. The maximum Gasteiger partial charge on any atom is 0.270 e. The van der Waals surface area contributed by atoms with E-state index in [1.165, 1.54) is 6.33 Å². The number of aromatic nitrogens is 4. The standard InChI is InChI=1S/C18H19N7O2/c26-17(21-12-14-3-1-10-27-14)15-11-16(23-13-22-15)24-6-8-25(9-7-24)18-19-4-2-5-20-18/h1-5,10-11,13H,6-9,12H2,(H,21,26). The molecule has 1 aliphatic heterocycles. The van der Waals surface area contributed by atoms with Crippen molar-refractivity contribution in [2.75, 3.05) is 36.0 Å². The molecule has 0 atom stereocenters. The van der Waals surface area contributed by atoms with Crippen molar-refractivity contribution >= 4 is 17.7 Å². The monoisotopic (exact) mass is 365 g/mol. The molecular formula is C18H19N7O2. The van der Waals surface area contributed by atoms with Crippen LogP contribution in [0.4, 0.5) is 11.8 Å². The second-order valence-electron chi connectivity index (χ2n) is 6.05. The average molecular weight is 365 g/mol. The van der Waals surface area contributed by atoms with E-state index in [4.69, 9.17) is 4.42 Å². The van der Waals surface area contributed by atoms with Crippen LogP contribution in [0.2, 0.25) is 0 Å². The molecule has 3 aromatic rings. The predicted octanol–water partition coefficient (Wildman–Crippen LogP) is 1.12. The zero-order valence-electron chi connectivity index (χ0n) is 14.7. The molecule has 0 spiro atoms. The van der Waals surface area contributed by atoms with Crippen LogP contribution in [0.25, 0.3) is 0 Å². The van der Waals surface area contributed by atoms with E-state index in [0.29, 0.717) is 18.0 Å². The van der Waals surface area contributed by atoms with Gasteiger partial charge in [-0.3, -0.25) is 4.79 Å². The minimum absolute atomic E-state index is 0.258. The number of rotatable bonds is 5. The van der Waals surface area contributed by atoms with Crippen molar-refractivity contribution in [2.24, 2.45) is 0 Å². The quantitative estimate of drug-likeness (QED) is 0.718. The predicted molar refractivity (Wildman–Crippen MR) is 98.4 cm³/mol. The van der Waals surface area contributed by atoms with E-state index in [1.807, 2.05) is 6.07 Å². The summed E-state index contributed by atoms with van der Waals surface area (Å²) in [6.45, 7) is 3.43. The Kier molecular flexibility index (Phi) is 4.91. The number of nitrogens with one attached hydrogen (secondary N) is 1. The summed E-state index contributed by atoms with van der Waals surface area (Å²) >= 11 is 0. The van der Waals surface area contributed by atoms with Gasteiger partial charge in [0.25, 0.3) is 5.91 Å². The van der Waals surface area contributed by atoms with Crippen molar-refractivity contribution in [2.45, 2.75) is 6.54 Å². The van der Waals surface area contributed by atoms with E-state index in [-0.39, 0.29) is 5.91 Å². The Labute approximate surface area is 156 Å². The second kappa shape index (κ2) is 7.81. The lowest BCUT2D eigenvalue weighted by atomic mass is 10.3. The van der Waals surface area contributed by atoms with Gasteiger partial charge >= 0.3 is 0 Å². The van der Waals surface area contributed by atoms with Crippen LogP contribution in [0.3, 0.4) is 0 Å². The van der Waals surface area contributed by atoms with Crippen LogP contribution < -0.4 is 15.1 Å². The third-order valence-corrected chi connectivity index (χ3v) is 4.33. The van der Waals surface area contributed by atoms with Gasteiger partial charge in [0.05, 0.1) is 12.8 Å². The smallest absolute Gasteiger partial charge is 0.270 e. The first-order chi connectivity index (χ1) is 13.3. The summed E-state index contributed by atoms with van der Waals surface area (Å²) in [5.41, 5.74) is 0.334. The van der Waals surface area contributed by atoms with Gasteiger partial charge < -0.3 is 19.5 Å². The molecule has 0 aromatic carbocycles. The van der Waals surface area contributed by atoms with Gasteiger partial charge in [-0.05, 0) is 18.2 Å². The van der Waals surface area contributed by atoms with Gasteiger partial charge in [-0.15, -0.1) is 0 Å². The van der Waals surface area contributed by atoms with Gasteiger partial charge in [-0.25, -0.2) is 19.9 Å². The largest absolute Gasteiger partial charge is 0.467 e. The first-order valence-corrected chi connectivity index (χ1v) is 8.69. The van der Waals surface area contributed by atoms with Crippen LogP contribution in [-0.4, -0.2) is 52.0 Å². The van der Waals surface area contributed by atoms with E-state index in [2.05, 4.69) is 35.1 Å². The fourth-order valence-electron chi connectivity index (χ4n) is 2.91. The minimum atomic E-state index is -0.258. The molecule has 9 heteroatoms. The Balaban J connectivity index is 1.37. The Morgan fingerprint density at radius 2 is 1.81 bits per heavy atom. The molecule has 0 unspecified atom stereocenters. The molecule has 0 radical (unpaired) electrons. The Hall–Kier alpha value is -3.49. The highest BCUT2D eigenvalue weighted by molar-refractivity contribution is 5.92. The normalized spacial score (nSPS) is 14.2. The third-order valence-electron chi connectivity index (χ3n) is 4.33. The molecule has 0 saturated carbocycles. The van der Waals surface area contributed by atoms with E-state index in [1.54, 1.807) is 36.9 Å². The van der Waals surface area contributed by atoms with Crippen molar-refractivity contribution in [3.05, 3.63) is 60.7 Å². The highest BCUT2D eigenvalue weighted by atomic mass is 16.3. The third kappa shape index (κ3) is 4.02. The number of hydrogen-bond acceptors (Lipinski definition) is 8. The SMILES string of the molecule is O=C(NCc1ccco1)c1cc(N2CCN(c3ncccn3)CC2)ncn1. The highest BCUT2D eigenvalue weighted by Gasteiger charge is 2.21. The molecule has 9 nitrogen and oxygen atoms in total. The lowest BCUT2D eigenvalue weighted by Crippen LogP contribution is -2.47. The van der Waals surface area contributed by atoms with Crippen molar-refractivity contribution in [3.8, 4) is 0 Å². The van der Waals surface area contributed by atoms with Crippen molar-refractivity contribution in [1.82, 2.24) is 25.3 Å². The van der Waals surface area contributed by atoms with Crippen LogP contribution in [0.1, 0.15) is 16.2 Å². The van der Waals surface area contributed by atoms with Gasteiger partial charge in [-0.1, -0.05) is 0 Å². The summed E-state index contributed by atoms with van der Waals surface area (Å²) in [7, 11) is 0. The second-order valence-corrected chi connectivity index (χ2v) is 6.05. The molecular weight excluding hydrogens is 346 g/mol. The van der Waals surface area contributed by atoms with Gasteiger partial charge in [0, 0.05) is 44.6 Å². The Morgan fingerprint density at radius 1 is 1.04 bits per heavy atom. The molecule has 4 heterocycles. The summed E-state index contributed by atoms with van der Waals surface area (Å²) in [5.74, 6) is 1.91. The van der Waals surface area contributed by atoms with Gasteiger partial charge in [0.1, 0.15) is 23.6 Å². The fraction of sp³-hybridized carbons (Fsp3) is 0.278. The maximum atomic E-state index is 12.3. The molecule has 3 aromatic heterocycles. The number of furan rings is 1. The van der Waals surface area contributed by atoms with Crippen LogP contribution in [-0.2, 0) is 6.54 Å². The van der Waals surface area contributed by atoms with Crippen molar-refractivity contribution in [3.63, 3.8) is 0 Å². The zero-order chi connectivity index (χ0) is 18.5. The van der Waals surface area contributed by atoms with E-state index in [9.17, 15) is 4.79 Å². The summed E-state index contributed by atoms with van der Waals surface area (Å²) in [6.07, 6.45) is 6.48. The summed E-state index contributed by atoms with van der Waals surface area (Å²) in [6, 6.07) is 7.11. The van der Waals surface area contributed by atoms with Crippen molar-refractivity contribution in [1.29, 1.82) is 0 Å². The Bertz CT molecular complexity index is 878. The number of hydrogen-bond donors (Lipinski definition) is 1. The van der Waals surface area contributed by atoms with Crippen LogP contribution in [0.15, 0.2) is 53.7 Å². The van der Waals surface area contributed by atoms with Gasteiger partial charge in [-0.2, -0.15) is 0 Å². The summed E-state index contributed by atoms with van der Waals surface area (Å²) in [4.78, 5) is 33.6. The molecule has 27 heavy (non-hydrogen) atoms. The molecule has 138 valence electrons. The number of amides is 1. The maximum absolute atomic E-state index is 12.3. The molecule has 1 N–H and O–H groups in total. The number of carbonyl (C=O) groups is 1. The average Bonchev–Trinajstić information content (AvgIpc) is 3.27. The lowest BCUT2D eigenvalue weighted by molar-refractivity contribution is 0.0943. The van der Waals surface area contributed by atoms with Gasteiger partial charge in [0.2, 0.25) is 5.95 Å². The van der Waals surface area contributed by atoms with E-state index in [0.717, 1.165) is 37.9 Å². The number of carbonyl (C=O) groups excluding carboxylic acids is 1. The fourth-order valence-corrected chi connectivity index (χ4v) is 2.91. The molecule has 0 bridgehead atoms. The van der Waals surface area contributed by atoms with Crippen molar-refractivity contribution < 1.29 is 9.21 Å². The van der Waals surface area contributed by atoms with Crippen LogP contribution in [0, 0.1) is 0 Å². The minimum Gasteiger partial charge on any atom is -0.467 e.